The van der Waals surface area contributed by atoms with Crippen LogP contribution in [0.3, 0.4) is 0 Å². The molecule has 0 aliphatic heterocycles. The lowest BCUT2D eigenvalue weighted by atomic mass is 10.6. The number of hydrogen-bond donors (Lipinski definition) is 0. The summed E-state index contributed by atoms with van der Waals surface area (Å²) in [7, 11) is -1.59. The Morgan fingerprint density at radius 1 is 1.67 bits per heavy atom. The molecule has 0 aromatic carbocycles. The van der Waals surface area contributed by atoms with Gasteiger partial charge in [0.2, 0.25) is 0 Å². The Labute approximate surface area is 62.3 Å². The number of rotatable bonds is 3. The zero-order valence-electron chi connectivity index (χ0n) is 5.95. The first-order valence-electron chi connectivity index (χ1n) is 3.18. The zero-order valence-corrected chi connectivity index (χ0v) is 7.70. The molecule has 0 N–H and O–H groups in total. The molecule has 0 aromatic rings. The third-order valence-corrected chi connectivity index (χ3v) is 4.62. The second-order valence-electron chi connectivity index (χ2n) is 2.50. The number of nitrogens with zero attached hydrogens (tertiary/aromatic N) is 1. The van der Waals surface area contributed by atoms with Gasteiger partial charge < -0.3 is 0 Å². The molecule has 52 valence electrons. The van der Waals surface area contributed by atoms with Crippen molar-refractivity contribution in [2.45, 2.75) is 32.0 Å². The second-order valence-corrected chi connectivity index (χ2v) is 8.92. The van der Waals surface area contributed by atoms with Crippen LogP contribution in [0.2, 0.25) is 18.6 Å². The average Bonchev–Trinajstić information content (AvgIpc) is 1.64. The second kappa shape index (κ2) is 3.92. The monoisotopic (exact) mass is 161 g/mol. The van der Waals surface area contributed by atoms with Gasteiger partial charge in [-0.2, -0.15) is 16.3 Å². The topological polar surface area (TPSA) is 23.8 Å². The van der Waals surface area contributed by atoms with Crippen LogP contribution in [0, 0.1) is 11.3 Å². The summed E-state index contributed by atoms with van der Waals surface area (Å²) in [6, 6.07) is 3.77. The Hall–Kier alpha value is -0.00312. The maximum Gasteiger partial charge on any atom is 0.167 e. The molecule has 0 saturated carbocycles. The van der Waals surface area contributed by atoms with E-state index in [-0.39, 0.29) is 0 Å². The third kappa shape index (κ3) is 4.50. The molecular formula is C6H12ClNSi. The highest BCUT2D eigenvalue weighted by molar-refractivity contribution is 7.20. The highest BCUT2D eigenvalue weighted by Crippen LogP contribution is 2.20. The van der Waals surface area contributed by atoms with Crippen LogP contribution >= 0.6 is 11.1 Å². The minimum Gasteiger partial charge on any atom is -0.199 e. The fourth-order valence-corrected chi connectivity index (χ4v) is 3.07. The van der Waals surface area contributed by atoms with E-state index in [9.17, 15) is 0 Å². The van der Waals surface area contributed by atoms with E-state index in [1.807, 2.05) is 6.55 Å². The van der Waals surface area contributed by atoms with Crippen molar-refractivity contribution in [3.05, 3.63) is 0 Å². The van der Waals surface area contributed by atoms with E-state index < -0.39 is 7.38 Å². The normalized spacial score (nSPS) is 16.2. The first-order valence-corrected chi connectivity index (χ1v) is 7.11. The summed E-state index contributed by atoms with van der Waals surface area (Å²) in [5, 5.41) is 8.33. The molecule has 0 heterocycles. The maximum absolute atomic E-state index is 8.33. The van der Waals surface area contributed by atoms with Gasteiger partial charge in [-0.25, -0.2) is 0 Å². The van der Waals surface area contributed by atoms with Crippen LogP contribution < -0.4 is 0 Å². The van der Waals surface area contributed by atoms with Crippen molar-refractivity contribution < 1.29 is 0 Å². The van der Waals surface area contributed by atoms with Gasteiger partial charge in [0.15, 0.2) is 7.38 Å². The van der Waals surface area contributed by atoms with Crippen molar-refractivity contribution in [2.24, 2.45) is 0 Å². The average molecular weight is 162 g/mol. The summed E-state index contributed by atoms with van der Waals surface area (Å²) in [6.45, 7) is 4.15. The van der Waals surface area contributed by atoms with Crippen LogP contribution in [0.1, 0.15) is 13.3 Å². The van der Waals surface area contributed by atoms with Gasteiger partial charge in [0.1, 0.15) is 0 Å². The van der Waals surface area contributed by atoms with Crippen molar-refractivity contribution in [2.75, 3.05) is 0 Å². The molecule has 0 aliphatic carbocycles. The summed E-state index contributed by atoms with van der Waals surface area (Å²) in [5.41, 5.74) is 0. The summed E-state index contributed by atoms with van der Waals surface area (Å²) in [6.07, 6.45) is 1.11. The molecule has 0 bridgehead atoms. The zero-order chi connectivity index (χ0) is 7.33. The highest BCUT2D eigenvalue weighted by Gasteiger charge is 2.22. The first kappa shape index (κ1) is 9.00. The van der Waals surface area contributed by atoms with E-state index in [0.29, 0.717) is 6.04 Å². The van der Waals surface area contributed by atoms with Crippen molar-refractivity contribution >= 4 is 18.5 Å². The molecular weight excluding hydrogens is 150 g/mol. The van der Waals surface area contributed by atoms with Crippen molar-refractivity contribution in [3.8, 4) is 6.07 Å². The molecule has 9 heavy (non-hydrogen) atoms. The Morgan fingerprint density at radius 2 is 2.22 bits per heavy atom. The molecule has 0 rings (SSSR count). The molecule has 0 spiro atoms. The van der Waals surface area contributed by atoms with Crippen molar-refractivity contribution in [3.63, 3.8) is 0 Å². The standard InChI is InChI=1S/C6H12ClNSi/c1-3-5-9(2,7)6-4-8/h3,5-6H2,1-2H3. The van der Waals surface area contributed by atoms with Crippen LogP contribution in [0.15, 0.2) is 0 Å². The largest absolute Gasteiger partial charge is 0.199 e. The fraction of sp³-hybridized carbons (Fsp3) is 0.833. The van der Waals surface area contributed by atoms with Gasteiger partial charge >= 0.3 is 0 Å². The summed E-state index contributed by atoms with van der Waals surface area (Å²) in [4.78, 5) is 0. The Balaban J connectivity index is 3.59. The SMILES string of the molecule is CCC[Si](C)(Cl)CC#N. The molecule has 0 amide bonds. The van der Waals surface area contributed by atoms with Crippen LogP contribution in [0.25, 0.3) is 0 Å². The third-order valence-electron chi connectivity index (χ3n) is 1.22. The predicted octanol–water partition coefficient (Wildman–Crippen LogP) is 2.73. The van der Waals surface area contributed by atoms with Crippen LogP contribution in [-0.4, -0.2) is 7.38 Å². The minimum absolute atomic E-state index is 0.586. The molecule has 0 radical (unpaired) electrons. The molecule has 1 atom stereocenters. The fourth-order valence-electron chi connectivity index (χ4n) is 0.774. The number of nitriles is 1. The van der Waals surface area contributed by atoms with Gasteiger partial charge in [0.05, 0.1) is 6.07 Å². The van der Waals surface area contributed by atoms with Gasteiger partial charge in [-0.05, 0) is 6.04 Å². The first-order chi connectivity index (χ1) is 4.12. The Bertz CT molecular complexity index is 117. The summed E-state index contributed by atoms with van der Waals surface area (Å²) in [5.74, 6) is 0. The molecule has 0 aromatic heterocycles. The van der Waals surface area contributed by atoms with Gasteiger partial charge in [0, 0.05) is 6.04 Å². The number of halogens is 1. The lowest BCUT2D eigenvalue weighted by Crippen LogP contribution is -2.19. The van der Waals surface area contributed by atoms with E-state index in [0.717, 1.165) is 12.5 Å². The predicted molar refractivity (Wildman–Crippen MR) is 43.0 cm³/mol. The van der Waals surface area contributed by atoms with Gasteiger partial charge in [-0.15, -0.1) is 0 Å². The molecule has 3 heteroatoms. The number of hydrogen-bond acceptors (Lipinski definition) is 1. The molecule has 0 aliphatic rings. The van der Waals surface area contributed by atoms with E-state index in [1.165, 1.54) is 0 Å². The van der Waals surface area contributed by atoms with Crippen LogP contribution in [0.4, 0.5) is 0 Å². The Morgan fingerprint density at radius 3 is 2.56 bits per heavy atom. The molecule has 1 unspecified atom stereocenters. The lowest BCUT2D eigenvalue weighted by molar-refractivity contribution is 1.05. The minimum atomic E-state index is -1.59. The van der Waals surface area contributed by atoms with Crippen molar-refractivity contribution in [1.82, 2.24) is 0 Å². The molecule has 0 fully saturated rings. The highest BCUT2D eigenvalue weighted by atomic mass is 35.6. The van der Waals surface area contributed by atoms with Crippen LogP contribution in [0.5, 0.6) is 0 Å². The van der Waals surface area contributed by atoms with Crippen molar-refractivity contribution in [1.29, 1.82) is 5.26 Å². The van der Waals surface area contributed by atoms with Gasteiger partial charge in [-0.3, -0.25) is 0 Å². The van der Waals surface area contributed by atoms with E-state index in [4.69, 9.17) is 16.3 Å². The Kier molecular flexibility index (Phi) is 3.92. The van der Waals surface area contributed by atoms with Gasteiger partial charge in [0.25, 0.3) is 0 Å². The smallest absolute Gasteiger partial charge is 0.167 e. The summed E-state index contributed by atoms with van der Waals surface area (Å²) >= 11 is 6.05. The van der Waals surface area contributed by atoms with Crippen LogP contribution in [-0.2, 0) is 0 Å². The van der Waals surface area contributed by atoms with E-state index >= 15 is 0 Å². The van der Waals surface area contributed by atoms with Gasteiger partial charge in [-0.1, -0.05) is 19.9 Å². The lowest BCUT2D eigenvalue weighted by Gasteiger charge is -2.12. The van der Waals surface area contributed by atoms with E-state index in [1.54, 1.807) is 0 Å². The summed E-state index contributed by atoms with van der Waals surface area (Å²) < 4.78 is 0. The maximum atomic E-state index is 8.33. The molecule has 0 saturated heterocycles. The quantitative estimate of drug-likeness (QED) is 0.461. The molecule has 1 nitrogen and oxygen atoms in total. The van der Waals surface area contributed by atoms with E-state index in [2.05, 4.69) is 13.0 Å².